The summed E-state index contributed by atoms with van der Waals surface area (Å²) in [4.78, 5) is 0. The second-order valence-electron chi connectivity index (χ2n) is 7.72. The van der Waals surface area contributed by atoms with Crippen LogP contribution in [-0.2, 0) is 13.3 Å². The van der Waals surface area contributed by atoms with Crippen molar-refractivity contribution >= 4 is 24.7 Å². The van der Waals surface area contributed by atoms with Crippen LogP contribution in [0.3, 0.4) is 0 Å². The van der Waals surface area contributed by atoms with E-state index in [0.29, 0.717) is 19.8 Å². The van der Waals surface area contributed by atoms with Gasteiger partial charge in [-0.2, -0.15) is 0 Å². The monoisotopic (exact) mass is 480 g/mol. The van der Waals surface area contributed by atoms with Gasteiger partial charge in [-0.3, -0.25) is 0 Å². The molecule has 0 heterocycles. The van der Waals surface area contributed by atoms with Crippen LogP contribution in [0.2, 0.25) is 6.04 Å². The molecule has 0 aliphatic carbocycles. The molecule has 0 N–H and O–H groups in total. The van der Waals surface area contributed by atoms with Gasteiger partial charge >= 0.3 is 8.80 Å². The van der Waals surface area contributed by atoms with E-state index in [-0.39, 0.29) is 0 Å². The third-order valence-electron chi connectivity index (χ3n) is 5.21. The molecule has 0 unspecified atom stereocenters. The van der Waals surface area contributed by atoms with E-state index in [9.17, 15) is 0 Å². The maximum Gasteiger partial charge on any atom is 0.500 e. The van der Waals surface area contributed by atoms with E-state index in [0.717, 1.165) is 6.04 Å². The molecule has 0 radical (unpaired) electrons. The van der Waals surface area contributed by atoms with Crippen LogP contribution in [0.4, 0.5) is 0 Å². The van der Waals surface area contributed by atoms with Gasteiger partial charge in [0, 0.05) is 31.2 Å². The molecule has 0 amide bonds. The van der Waals surface area contributed by atoms with Crippen molar-refractivity contribution in [2.24, 2.45) is 0 Å². The molecule has 0 aliphatic heterocycles. The third-order valence-corrected chi connectivity index (χ3v) is 8.92. The van der Waals surface area contributed by atoms with Crippen LogP contribution < -0.4 is 0 Å². The second-order valence-corrected chi connectivity index (χ2v) is 11.2. The largest absolute Gasteiger partial charge is 0.500 e. The zero-order valence-electron chi connectivity index (χ0n) is 19.2. The predicted octanol–water partition coefficient (Wildman–Crippen LogP) is 8.28. The Bertz CT molecular complexity index is 289. The van der Waals surface area contributed by atoms with Crippen molar-refractivity contribution in [3.63, 3.8) is 0 Å². The van der Waals surface area contributed by atoms with E-state index in [4.69, 9.17) is 13.3 Å². The molecule has 5 heteroatoms. The van der Waals surface area contributed by atoms with Gasteiger partial charge in [0.1, 0.15) is 0 Å². The average molecular weight is 482 g/mol. The fraction of sp³-hybridized carbons (Fsp3) is 1.00. The smallest absolute Gasteiger partial charge is 0.374 e. The third kappa shape index (κ3) is 17.4. The molecule has 0 spiro atoms. The number of hydrogen-bond donors (Lipinski definition) is 0. The normalized spacial score (nSPS) is 12.0. The number of alkyl halides is 1. The summed E-state index contributed by atoms with van der Waals surface area (Å²) in [6.07, 6.45) is 20.8. The maximum absolute atomic E-state index is 5.93. The molecule has 170 valence electrons. The van der Waals surface area contributed by atoms with Crippen LogP contribution in [0, 0.1) is 0 Å². The minimum absolute atomic E-state index is 0.684. The Hall–Kier alpha value is 0.577. The highest BCUT2D eigenvalue weighted by Gasteiger charge is 2.39. The Morgan fingerprint density at radius 3 is 1.04 bits per heavy atom. The van der Waals surface area contributed by atoms with Gasteiger partial charge < -0.3 is 13.3 Å². The van der Waals surface area contributed by atoms with Crippen LogP contribution in [0.1, 0.15) is 117 Å². The van der Waals surface area contributed by atoms with Crippen molar-refractivity contribution in [2.45, 2.75) is 123 Å². The zero-order valence-corrected chi connectivity index (χ0v) is 21.8. The second kappa shape index (κ2) is 22.3. The lowest BCUT2D eigenvalue weighted by molar-refractivity contribution is 0.0706. The quantitative estimate of drug-likeness (QED) is 0.0835. The van der Waals surface area contributed by atoms with Crippen LogP contribution in [0.5, 0.6) is 0 Å². The average Bonchev–Trinajstić information content (AvgIpc) is 2.68. The van der Waals surface area contributed by atoms with Crippen molar-refractivity contribution in [1.82, 2.24) is 0 Å². The molecule has 0 saturated carbocycles. The summed E-state index contributed by atoms with van der Waals surface area (Å²) in [6.45, 7) is 8.15. The number of unbranched alkanes of at least 4 members (excludes halogenated alkanes) is 14. The first-order valence-electron chi connectivity index (χ1n) is 12.2. The first kappa shape index (κ1) is 28.6. The van der Waals surface area contributed by atoms with Crippen LogP contribution in [-0.4, -0.2) is 34.0 Å². The predicted molar refractivity (Wildman–Crippen MR) is 128 cm³/mol. The zero-order chi connectivity index (χ0) is 20.8. The van der Waals surface area contributed by atoms with Gasteiger partial charge in [-0.05, 0) is 33.6 Å². The summed E-state index contributed by atoms with van der Waals surface area (Å²) in [5, 5.41) is 1.17. The molecular formula is C23H49BrO3Si. The minimum atomic E-state index is -2.40. The van der Waals surface area contributed by atoms with E-state index < -0.39 is 8.80 Å². The van der Waals surface area contributed by atoms with E-state index in [1.807, 2.05) is 20.8 Å². The first-order valence-corrected chi connectivity index (χ1v) is 15.3. The molecule has 0 fully saturated rings. The van der Waals surface area contributed by atoms with Crippen molar-refractivity contribution < 1.29 is 13.3 Å². The molecule has 0 aromatic rings. The van der Waals surface area contributed by atoms with Crippen molar-refractivity contribution in [3.8, 4) is 0 Å². The topological polar surface area (TPSA) is 27.7 Å². The Balaban J connectivity index is 3.46. The minimum Gasteiger partial charge on any atom is -0.374 e. The SMILES string of the molecule is CCO[Si](CCCCCCCCCCCCCCCCCBr)(OCC)OCC. The lowest BCUT2D eigenvalue weighted by Crippen LogP contribution is -2.45. The van der Waals surface area contributed by atoms with Crippen molar-refractivity contribution in [3.05, 3.63) is 0 Å². The summed E-state index contributed by atoms with van der Waals surface area (Å²) in [5.74, 6) is 0. The summed E-state index contributed by atoms with van der Waals surface area (Å²) in [7, 11) is -2.40. The molecular weight excluding hydrogens is 432 g/mol. The van der Waals surface area contributed by atoms with Gasteiger partial charge in [-0.25, -0.2) is 0 Å². The van der Waals surface area contributed by atoms with Gasteiger partial charge in [0.2, 0.25) is 0 Å². The van der Waals surface area contributed by atoms with E-state index in [1.165, 1.54) is 102 Å². The number of hydrogen-bond acceptors (Lipinski definition) is 3. The summed E-state index contributed by atoms with van der Waals surface area (Å²) in [5.41, 5.74) is 0. The fourth-order valence-electron chi connectivity index (χ4n) is 3.74. The van der Waals surface area contributed by atoms with Crippen LogP contribution in [0.25, 0.3) is 0 Å². The maximum atomic E-state index is 5.93. The standard InChI is InChI=1S/C23H49BrO3Si/c1-4-25-28(26-5-2,27-6-3)23-21-19-17-15-13-11-9-7-8-10-12-14-16-18-20-22-24/h4-23H2,1-3H3. The van der Waals surface area contributed by atoms with Gasteiger partial charge in [0.05, 0.1) is 0 Å². The molecule has 0 atom stereocenters. The fourth-order valence-corrected chi connectivity index (χ4v) is 6.82. The molecule has 28 heavy (non-hydrogen) atoms. The molecule has 0 bridgehead atoms. The molecule has 0 aliphatic rings. The Labute approximate surface area is 186 Å². The summed E-state index contributed by atoms with van der Waals surface area (Å²) < 4.78 is 17.8. The summed E-state index contributed by atoms with van der Waals surface area (Å²) >= 11 is 3.50. The molecule has 0 aromatic heterocycles. The summed E-state index contributed by atoms with van der Waals surface area (Å²) in [6, 6.07) is 0.971. The number of rotatable bonds is 23. The molecule has 0 saturated heterocycles. The van der Waals surface area contributed by atoms with Crippen LogP contribution in [0.15, 0.2) is 0 Å². The van der Waals surface area contributed by atoms with Gasteiger partial charge in [-0.15, -0.1) is 0 Å². The van der Waals surface area contributed by atoms with Gasteiger partial charge in [0.15, 0.2) is 0 Å². The lowest BCUT2D eigenvalue weighted by atomic mass is 10.0. The van der Waals surface area contributed by atoms with Crippen molar-refractivity contribution in [1.29, 1.82) is 0 Å². The molecule has 0 aromatic carbocycles. The Morgan fingerprint density at radius 1 is 0.464 bits per heavy atom. The van der Waals surface area contributed by atoms with Gasteiger partial charge in [0.25, 0.3) is 0 Å². The lowest BCUT2D eigenvalue weighted by Gasteiger charge is -2.28. The van der Waals surface area contributed by atoms with E-state index in [1.54, 1.807) is 0 Å². The van der Waals surface area contributed by atoms with Crippen LogP contribution >= 0.6 is 15.9 Å². The number of halogens is 1. The van der Waals surface area contributed by atoms with Crippen molar-refractivity contribution in [2.75, 3.05) is 25.2 Å². The van der Waals surface area contributed by atoms with E-state index in [2.05, 4.69) is 15.9 Å². The highest BCUT2D eigenvalue weighted by molar-refractivity contribution is 9.09. The highest BCUT2D eigenvalue weighted by atomic mass is 79.9. The Morgan fingerprint density at radius 2 is 0.750 bits per heavy atom. The molecule has 3 nitrogen and oxygen atoms in total. The van der Waals surface area contributed by atoms with Gasteiger partial charge in [-0.1, -0.05) is 99.4 Å². The Kier molecular flexibility index (Phi) is 22.7. The molecule has 0 rings (SSSR count). The van der Waals surface area contributed by atoms with E-state index >= 15 is 0 Å². The first-order chi connectivity index (χ1) is 13.7. The highest BCUT2D eigenvalue weighted by Crippen LogP contribution is 2.21.